The lowest BCUT2D eigenvalue weighted by Gasteiger charge is -2.34. The van der Waals surface area contributed by atoms with Gasteiger partial charge in [-0.05, 0) is 43.0 Å². The Morgan fingerprint density at radius 1 is 1.12 bits per heavy atom. The van der Waals surface area contributed by atoms with Crippen molar-refractivity contribution in [2.24, 2.45) is 5.92 Å². The summed E-state index contributed by atoms with van der Waals surface area (Å²) < 4.78 is 0. The molecule has 1 aromatic rings. The molecule has 0 spiro atoms. The highest BCUT2D eigenvalue weighted by Crippen LogP contribution is 2.24. The number of piperidine rings is 1. The normalized spacial score (nSPS) is 19.7. The van der Waals surface area contributed by atoms with Crippen molar-refractivity contribution in [2.75, 3.05) is 56.0 Å². The molecule has 0 aliphatic carbocycles. The number of benzene rings is 1. The molecule has 2 saturated heterocycles. The van der Waals surface area contributed by atoms with Gasteiger partial charge in [0.2, 0.25) is 0 Å². The monoisotopic (exact) mass is 342 g/mol. The number of urea groups is 1. The summed E-state index contributed by atoms with van der Waals surface area (Å²) >= 11 is 0. The number of anilines is 2. The van der Waals surface area contributed by atoms with Crippen molar-refractivity contribution in [3.8, 4) is 0 Å². The number of piperazine rings is 1. The molecule has 0 atom stereocenters. The van der Waals surface area contributed by atoms with Gasteiger partial charge in [-0.3, -0.25) is 4.90 Å². The van der Waals surface area contributed by atoms with Gasteiger partial charge in [-0.2, -0.15) is 0 Å². The number of hydrogen-bond donors (Lipinski definition) is 1. The van der Waals surface area contributed by atoms with Crippen LogP contribution in [0.1, 0.15) is 19.8 Å². The van der Waals surface area contributed by atoms with Gasteiger partial charge in [0.1, 0.15) is 0 Å². The molecular formula is C20H30N4O. The highest BCUT2D eigenvalue weighted by Gasteiger charge is 2.20. The molecule has 2 heterocycles. The predicted octanol–water partition coefficient (Wildman–Crippen LogP) is 3.26. The lowest BCUT2D eigenvalue weighted by atomic mass is 9.99. The number of carbonyl (C=O) groups excluding carboxylic acids is 1. The van der Waals surface area contributed by atoms with Gasteiger partial charge in [0.15, 0.2) is 0 Å². The summed E-state index contributed by atoms with van der Waals surface area (Å²) in [5.74, 6) is 0.835. The van der Waals surface area contributed by atoms with Crippen molar-refractivity contribution in [2.45, 2.75) is 19.8 Å². The van der Waals surface area contributed by atoms with Crippen molar-refractivity contribution in [3.63, 3.8) is 0 Å². The molecule has 2 aliphatic heterocycles. The van der Waals surface area contributed by atoms with Crippen LogP contribution in [-0.4, -0.2) is 61.6 Å². The van der Waals surface area contributed by atoms with Crippen molar-refractivity contribution in [1.82, 2.24) is 9.80 Å². The Labute approximate surface area is 151 Å². The minimum Gasteiger partial charge on any atom is -0.372 e. The SMILES string of the molecule is C=CCN1CCN(C(=O)Nc2ccc(N3CCC(C)CC3)cc2)CC1. The van der Waals surface area contributed by atoms with Crippen LogP contribution in [0.3, 0.4) is 0 Å². The number of hydrogen-bond acceptors (Lipinski definition) is 3. The Morgan fingerprint density at radius 3 is 2.36 bits per heavy atom. The zero-order chi connectivity index (χ0) is 17.6. The Balaban J connectivity index is 1.49. The van der Waals surface area contributed by atoms with Crippen molar-refractivity contribution >= 4 is 17.4 Å². The third-order valence-corrected chi connectivity index (χ3v) is 5.31. The average molecular weight is 342 g/mol. The van der Waals surface area contributed by atoms with Gasteiger partial charge in [0.25, 0.3) is 0 Å². The summed E-state index contributed by atoms with van der Waals surface area (Å²) in [5, 5.41) is 3.03. The fourth-order valence-electron chi connectivity index (χ4n) is 3.54. The predicted molar refractivity (Wildman–Crippen MR) is 104 cm³/mol. The van der Waals surface area contributed by atoms with E-state index in [2.05, 4.69) is 40.8 Å². The van der Waals surface area contributed by atoms with E-state index in [-0.39, 0.29) is 6.03 Å². The molecule has 5 heteroatoms. The first-order valence-corrected chi connectivity index (χ1v) is 9.40. The molecule has 0 unspecified atom stereocenters. The number of rotatable bonds is 4. The summed E-state index contributed by atoms with van der Waals surface area (Å²) in [5.41, 5.74) is 2.12. The number of nitrogens with zero attached hydrogens (tertiary/aromatic N) is 3. The molecule has 1 aromatic carbocycles. The van der Waals surface area contributed by atoms with Crippen LogP contribution in [0.2, 0.25) is 0 Å². The first-order valence-electron chi connectivity index (χ1n) is 9.40. The molecular weight excluding hydrogens is 312 g/mol. The average Bonchev–Trinajstić information content (AvgIpc) is 2.64. The number of carbonyl (C=O) groups is 1. The van der Waals surface area contributed by atoms with Crippen LogP contribution in [0.5, 0.6) is 0 Å². The summed E-state index contributed by atoms with van der Waals surface area (Å²) in [4.78, 5) is 19.1. The molecule has 0 aromatic heterocycles. The van der Waals surface area contributed by atoms with E-state index in [0.29, 0.717) is 0 Å². The van der Waals surface area contributed by atoms with Crippen LogP contribution in [0.15, 0.2) is 36.9 Å². The molecule has 25 heavy (non-hydrogen) atoms. The second-order valence-electron chi connectivity index (χ2n) is 7.22. The molecule has 0 saturated carbocycles. The highest BCUT2D eigenvalue weighted by molar-refractivity contribution is 5.89. The van der Waals surface area contributed by atoms with Crippen LogP contribution in [0, 0.1) is 5.92 Å². The molecule has 3 rings (SSSR count). The first kappa shape index (κ1) is 17.8. The van der Waals surface area contributed by atoms with Crippen LogP contribution in [-0.2, 0) is 0 Å². The van der Waals surface area contributed by atoms with Gasteiger partial charge in [-0.25, -0.2) is 4.79 Å². The van der Waals surface area contributed by atoms with Crippen LogP contribution < -0.4 is 10.2 Å². The number of nitrogens with one attached hydrogen (secondary N) is 1. The molecule has 2 amide bonds. The topological polar surface area (TPSA) is 38.8 Å². The molecule has 5 nitrogen and oxygen atoms in total. The van der Waals surface area contributed by atoms with E-state index in [1.54, 1.807) is 0 Å². The van der Waals surface area contributed by atoms with Crippen molar-refractivity contribution in [1.29, 1.82) is 0 Å². The molecule has 2 aliphatic rings. The van der Waals surface area contributed by atoms with Gasteiger partial charge in [-0.1, -0.05) is 13.0 Å². The van der Waals surface area contributed by atoms with E-state index in [1.807, 2.05) is 23.1 Å². The Kier molecular flexibility index (Phi) is 5.97. The second kappa shape index (κ2) is 8.39. The zero-order valence-electron chi connectivity index (χ0n) is 15.3. The fourth-order valence-corrected chi connectivity index (χ4v) is 3.54. The molecule has 1 N–H and O–H groups in total. The molecule has 136 valence electrons. The lowest BCUT2D eigenvalue weighted by molar-refractivity contribution is 0.156. The summed E-state index contributed by atoms with van der Waals surface area (Å²) in [6.07, 6.45) is 4.44. The van der Waals surface area contributed by atoms with E-state index >= 15 is 0 Å². The highest BCUT2D eigenvalue weighted by atomic mass is 16.2. The lowest BCUT2D eigenvalue weighted by Crippen LogP contribution is -2.49. The maximum Gasteiger partial charge on any atom is 0.321 e. The third kappa shape index (κ3) is 4.75. The minimum atomic E-state index is -0.00204. The van der Waals surface area contributed by atoms with Gasteiger partial charge in [-0.15, -0.1) is 6.58 Å². The summed E-state index contributed by atoms with van der Waals surface area (Å²) in [6, 6.07) is 8.26. The minimum absolute atomic E-state index is 0.00204. The quantitative estimate of drug-likeness (QED) is 0.854. The van der Waals surface area contributed by atoms with Gasteiger partial charge < -0.3 is 15.1 Å². The van der Waals surface area contributed by atoms with E-state index in [9.17, 15) is 4.79 Å². The van der Waals surface area contributed by atoms with E-state index < -0.39 is 0 Å². The second-order valence-corrected chi connectivity index (χ2v) is 7.22. The van der Waals surface area contributed by atoms with Crippen LogP contribution >= 0.6 is 0 Å². The van der Waals surface area contributed by atoms with Crippen LogP contribution in [0.4, 0.5) is 16.2 Å². The molecule has 0 bridgehead atoms. The number of amides is 2. The van der Waals surface area contributed by atoms with Gasteiger partial charge in [0, 0.05) is 57.2 Å². The third-order valence-electron chi connectivity index (χ3n) is 5.31. The van der Waals surface area contributed by atoms with Crippen LogP contribution in [0.25, 0.3) is 0 Å². The standard InChI is InChI=1S/C20H30N4O/c1-3-10-22-13-15-24(16-14-22)20(25)21-18-4-6-19(7-5-18)23-11-8-17(2)9-12-23/h3-7,17H,1,8-16H2,2H3,(H,21,25). The molecule has 2 fully saturated rings. The largest absolute Gasteiger partial charge is 0.372 e. The first-order chi connectivity index (χ1) is 12.2. The maximum absolute atomic E-state index is 12.4. The summed E-state index contributed by atoms with van der Waals surface area (Å²) in [6.45, 7) is 12.6. The van der Waals surface area contributed by atoms with Gasteiger partial charge in [0.05, 0.1) is 0 Å². The van der Waals surface area contributed by atoms with Crippen molar-refractivity contribution in [3.05, 3.63) is 36.9 Å². The fraction of sp³-hybridized carbons (Fsp3) is 0.550. The Morgan fingerprint density at radius 2 is 1.76 bits per heavy atom. The van der Waals surface area contributed by atoms with Gasteiger partial charge >= 0.3 is 6.03 Å². The van der Waals surface area contributed by atoms with Crippen molar-refractivity contribution < 1.29 is 4.79 Å². The van der Waals surface area contributed by atoms with E-state index in [0.717, 1.165) is 57.4 Å². The molecule has 0 radical (unpaired) electrons. The van der Waals surface area contributed by atoms with E-state index in [4.69, 9.17) is 0 Å². The smallest absolute Gasteiger partial charge is 0.321 e. The Bertz CT molecular complexity index is 570. The Hall–Kier alpha value is -2.01. The summed E-state index contributed by atoms with van der Waals surface area (Å²) in [7, 11) is 0. The van der Waals surface area contributed by atoms with E-state index in [1.165, 1.54) is 18.5 Å². The maximum atomic E-state index is 12.4. The zero-order valence-corrected chi connectivity index (χ0v) is 15.3.